The van der Waals surface area contributed by atoms with Crippen LogP contribution in [0.2, 0.25) is 0 Å². The molecule has 0 saturated heterocycles. The molecule has 0 aliphatic carbocycles. The average molecular weight is 382 g/mol. The molecule has 0 saturated carbocycles. The highest BCUT2D eigenvalue weighted by Gasteiger charge is 2.22. The fourth-order valence-corrected chi connectivity index (χ4v) is 3.29. The SMILES string of the molecule is CC(C(=O)NC(CC(=O)O)c1cccc(Br)c1)c1ccsc1. The Hall–Kier alpha value is -1.66. The van der Waals surface area contributed by atoms with Gasteiger partial charge in [0.05, 0.1) is 18.4 Å². The molecule has 116 valence electrons. The lowest BCUT2D eigenvalue weighted by Gasteiger charge is -2.20. The molecule has 1 aromatic heterocycles. The van der Waals surface area contributed by atoms with Gasteiger partial charge in [0.1, 0.15) is 0 Å². The van der Waals surface area contributed by atoms with Gasteiger partial charge in [0, 0.05) is 4.47 Å². The number of aliphatic carboxylic acids is 1. The van der Waals surface area contributed by atoms with Crippen molar-refractivity contribution < 1.29 is 14.7 Å². The summed E-state index contributed by atoms with van der Waals surface area (Å²) in [7, 11) is 0. The van der Waals surface area contributed by atoms with Crippen molar-refractivity contribution in [3.05, 3.63) is 56.7 Å². The van der Waals surface area contributed by atoms with Crippen molar-refractivity contribution in [2.24, 2.45) is 0 Å². The number of halogens is 1. The summed E-state index contributed by atoms with van der Waals surface area (Å²) in [6.07, 6.45) is -0.154. The Morgan fingerprint density at radius 2 is 2.09 bits per heavy atom. The van der Waals surface area contributed by atoms with Gasteiger partial charge in [-0.1, -0.05) is 28.1 Å². The molecule has 0 radical (unpaired) electrons. The molecule has 1 aromatic carbocycles. The van der Waals surface area contributed by atoms with Gasteiger partial charge in [-0.25, -0.2) is 0 Å². The van der Waals surface area contributed by atoms with Crippen molar-refractivity contribution in [1.29, 1.82) is 0 Å². The molecule has 2 N–H and O–H groups in total. The van der Waals surface area contributed by atoms with Crippen LogP contribution < -0.4 is 5.32 Å². The van der Waals surface area contributed by atoms with E-state index in [1.807, 2.05) is 48.0 Å². The third-order valence-corrected chi connectivity index (χ3v) is 4.58. The second-order valence-electron chi connectivity index (χ2n) is 4.99. The molecule has 22 heavy (non-hydrogen) atoms. The summed E-state index contributed by atoms with van der Waals surface area (Å²) in [5, 5.41) is 15.8. The van der Waals surface area contributed by atoms with E-state index >= 15 is 0 Å². The molecular formula is C16H16BrNO3S. The highest BCUT2D eigenvalue weighted by molar-refractivity contribution is 9.10. The molecule has 1 amide bonds. The number of benzene rings is 1. The van der Waals surface area contributed by atoms with Gasteiger partial charge < -0.3 is 10.4 Å². The van der Waals surface area contributed by atoms with Crippen LogP contribution in [-0.2, 0) is 9.59 Å². The van der Waals surface area contributed by atoms with Crippen LogP contribution in [0, 0.1) is 0 Å². The Morgan fingerprint density at radius 3 is 2.68 bits per heavy atom. The first-order chi connectivity index (χ1) is 10.5. The number of hydrogen-bond donors (Lipinski definition) is 2. The molecule has 2 unspecified atom stereocenters. The number of amides is 1. The van der Waals surface area contributed by atoms with Gasteiger partial charge in [-0.3, -0.25) is 9.59 Å². The maximum Gasteiger partial charge on any atom is 0.305 e. The zero-order chi connectivity index (χ0) is 16.1. The van der Waals surface area contributed by atoms with Crippen molar-refractivity contribution in [3.8, 4) is 0 Å². The molecule has 2 aromatic rings. The van der Waals surface area contributed by atoms with Crippen molar-refractivity contribution in [2.45, 2.75) is 25.3 Å². The Labute approximate surface area is 141 Å². The van der Waals surface area contributed by atoms with E-state index in [4.69, 9.17) is 5.11 Å². The number of nitrogens with one attached hydrogen (secondary N) is 1. The molecule has 2 atom stereocenters. The fraction of sp³-hybridized carbons (Fsp3) is 0.250. The van der Waals surface area contributed by atoms with Crippen LogP contribution in [0.4, 0.5) is 0 Å². The van der Waals surface area contributed by atoms with Crippen molar-refractivity contribution in [1.82, 2.24) is 5.32 Å². The van der Waals surface area contributed by atoms with Crippen molar-refractivity contribution >= 4 is 39.1 Å². The molecule has 2 rings (SSSR count). The van der Waals surface area contributed by atoms with Crippen LogP contribution in [0.1, 0.15) is 36.4 Å². The lowest BCUT2D eigenvalue weighted by Crippen LogP contribution is -2.33. The smallest absolute Gasteiger partial charge is 0.305 e. The van der Waals surface area contributed by atoms with E-state index in [2.05, 4.69) is 21.2 Å². The van der Waals surface area contributed by atoms with Crippen LogP contribution in [0.5, 0.6) is 0 Å². The third-order valence-electron chi connectivity index (χ3n) is 3.38. The van der Waals surface area contributed by atoms with E-state index in [1.165, 1.54) is 11.3 Å². The van der Waals surface area contributed by atoms with Crippen LogP contribution >= 0.6 is 27.3 Å². The van der Waals surface area contributed by atoms with Crippen molar-refractivity contribution in [3.63, 3.8) is 0 Å². The van der Waals surface area contributed by atoms with Gasteiger partial charge in [-0.2, -0.15) is 11.3 Å². The van der Waals surface area contributed by atoms with Gasteiger partial charge in [-0.15, -0.1) is 0 Å². The molecule has 4 nitrogen and oxygen atoms in total. The number of thiophene rings is 1. The lowest BCUT2D eigenvalue weighted by molar-refractivity contribution is -0.137. The minimum absolute atomic E-state index is 0.154. The maximum atomic E-state index is 12.4. The molecule has 0 fully saturated rings. The quantitative estimate of drug-likeness (QED) is 0.795. The maximum absolute atomic E-state index is 12.4. The summed E-state index contributed by atoms with van der Waals surface area (Å²) in [6, 6.07) is 8.67. The van der Waals surface area contributed by atoms with E-state index in [9.17, 15) is 9.59 Å². The first-order valence-corrected chi connectivity index (χ1v) is 8.50. The number of rotatable bonds is 6. The van der Waals surface area contributed by atoms with Crippen LogP contribution in [0.15, 0.2) is 45.6 Å². The van der Waals surface area contributed by atoms with E-state index in [-0.39, 0.29) is 18.2 Å². The van der Waals surface area contributed by atoms with Gasteiger partial charge in [0.2, 0.25) is 5.91 Å². The number of carbonyl (C=O) groups is 2. The Balaban J connectivity index is 2.16. The summed E-state index contributed by atoms with van der Waals surface area (Å²) in [5.41, 5.74) is 1.70. The summed E-state index contributed by atoms with van der Waals surface area (Å²) in [4.78, 5) is 23.5. The molecule has 0 aliphatic heterocycles. The van der Waals surface area contributed by atoms with E-state index in [1.54, 1.807) is 0 Å². The van der Waals surface area contributed by atoms with Gasteiger partial charge in [0.25, 0.3) is 0 Å². The van der Waals surface area contributed by atoms with E-state index < -0.39 is 12.0 Å². The molecule has 6 heteroatoms. The van der Waals surface area contributed by atoms with Crippen molar-refractivity contribution in [2.75, 3.05) is 0 Å². The molecular weight excluding hydrogens is 366 g/mol. The zero-order valence-electron chi connectivity index (χ0n) is 12.0. The third kappa shape index (κ3) is 4.42. The topological polar surface area (TPSA) is 66.4 Å². The molecule has 0 bridgehead atoms. The van der Waals surface area contributed by atoms with E-state index in [0.29, 0.717) is 0 Å². The minimum Gasteiger partial charge on any atom is -0.481 e. The predicted molar refractivity (Wildman–Crippen MR) is 90.0 cm³/mol. The number of hydrogen-bond acceptors (Lipinski definition) is 3. The van der Waals surface area contributed by atoms with Gasteiger partial charge in [0.15, 0.2) is 0 Å². The van der Waals surface area contributed by atoms with Crippen LogP contribution in [-0.4, -0.2) is 17.0 Å². The largest absolute Gasteiger partial charge is 0.481 e. The number of carbonyl (C=O) groups excluding carboxylic acids is 1. The second kappa shape index (κ2) is 7.56. The van der Waals surface area contributed by atoms with Gasteiger partial charge >= 0.3 is 5.97 Å². The monoisotopic (exact) mass is 381 g/mol. The molecule has 0 aliphatic rings. The Bertz CT molecular complexity index is 657. The zero-order valence-corrected chi connectivity index (χ0v) is 14.4. The summed E-state index contributed by atoms with van der Waals surface area (Å²) >= 11 is 4.90. The Kier molecular flexibility index (Phi) is 5.74. The van der Waals surface area contributed by atoms with E-state index in [0.717, 1.165) is 15.6 Å². The molecule has 0 spiro atoms. The summed E-state index contributed by atoms with van der Waals surface area (Å²) in [5.74, 6) is -1.44. The first-order valence-electron chi connectivity index (χ1n) is 6.77. The highest BCUT2D eigenvalue weighted by atomic mass is 79.9. The second-order valence-corrected chi connectivity index (χ2v) is 6.69. The summed E-state index contributed by atoms with van der Waals surface area (Å²) < 4.78 is 0.848. The Morgan fingerprint density at radius 1 is 1.32 bits per heavy atom. The van der Waals surface area contributed by atoms with Crippen LogP contribution in [0.25, 0.3) is 0 Å². The normalized spacial score (nSPS) is 13.4. The van der Waals surface area contributed by atoms with Gasteiger partial charge in [-0.05, 0) is 47.0 Å². The number of carboxylic acids is 1. The standard InChI is InChI=1S/C16H16BrNO3S/c1-10(12-5-6-22-9-12)16(21)18-14(8-15(19)20)11-3-2-4-13(17)7-11/h2-7,9-10,14H,8H2,1H3,(H,18,21)(H,19,20). The molecule has 1 heterocycles. The minimum atomic E-state index is -0.950. The average Bonchev–Trinajstić information content (AvgIpc) is 2.99. The highest BCUT2D eigenvalue weighted by Crippen LogP contribution is 2.24. The number of carboxylic acid groups (broad SMARTS) is 1. The summed E-state index contributed by atoms with van der Waals surface area (Å²) in [6.45, 7) is 1.82. The lowest BCUT2D eigenvalue weighted by atomic mass is 10.00. The van der Waals surface area contributed by atoms with Crippen LogP contribution in [0.3, 0.4) is 0 Å². The fourth-order valence-electron chi connectivity index (χ4n) is 2.12. The first kappa shape index (κ1) is 16.7. The predicted octanol–water partition coefficient (Wildman–Crippen LogP) is 3.95.